The summed E-state index contributed by atoms with van der Waals surface area (Å²) in [6, 6.07) is 0.444. The van der Waals surface area contributed by atoms with Gasteiger partial charge < -0.3 is 11.1 Å². The van der Waals surface area contributed by atoms with E-state index in [1.165, 1.54) is 19.3 Å². The molecule has 0 radical (unpaired) electrons. The van der Waals surface area contributed by atoms with Crippen molar-refractivity contribution in [3.63, 3.8) is 0 Å². The van der Waals surface area contributed by atoms with E-state index < -0.39 is 0 Å². The Morgan fingerprint density at radius 1 is 1.60 bits per heavy atom. The first kappa shape index (κ1) is 8.02. The fourth-order valence-electron chi connectivity index (χ4n) is 1.23. The largest absolute Gasteiger partial charge is 0.328 e. The highest BCUT2D eigenvalue weighted by molar-refractivity contribution is 4.78. The molecule has 0 aromatic rings. The summed E-state index contributed by atoms with van der Waals surface area (Å²) in [6.45, 7) is 1.06. The molecule has 0 aliphatic heterocycles. The molecule has 0 heterocycles. The highest BCUT2D eigenvalue weighted by atomic mass is 14.8. The van der Waals surface area contributed by atoms with Gasteiger partial charge in [-0.3, -0.25) is 0 Å². The van der Waals surface area contributed by atoms with E-state index in [-0.39, 0.29) is 0 Å². The molecule has 0 saturated heterocycles. The Labute approximate surface area is 63.2 Å². The van der Waals surface area contributed by atoms with E-state index >= 15 is 0 Å². The van der Waals surface area contributed by atoms with Gasteiger partial charge in [-0.05, 0) is 32.4 Å². The van der Waals surface area contributed by atoms with Gasteiger partial charge in [0.05, 0.1) is 0 Å². The maximum absolute atomic E-state index is 5.86. The molecular formula is C8H18N2. The summed E-state index contributed by atoms with van der Waals surface area (Å²) in [7, 11) is 1.98. The van der Waals surface area contributed by atoms with Crippen LogP contribution < -0.4 is 11.1 Å². The number of nitrogens with one attached hydrogen (secondary N) is 1. The van der Waals surface area contributed by atoms with E-state index in [0.717, 1.165) is 18.9 Å². The zero-order valence-electron chi connectivity index (χ0n) is 6.77. The summed E-state index contributed by atoms with van der Waals surface area (Å²) in [5, 5.41) is 3.11. The van der Waals surface area contributed by atoms with Crippen molar-refractivity contribution in [1.82, 2.24) is 5.32 Å². The second-order valence-corrected chi connectivity index (χ2v) is 3.33. The van der Waals surface area contributed by atoms with Crippen LogP contribution in [0.5, 0.6) is 0 Å². The number of rotatable bonds is 5. The van der Waals surface area contributed by atoms with E-state index in [0.29, 0.717) is 6.04 Å². The maximum atomic E-state index is 5.86. The number of nitrogens with two attached hydrogens (primary N) is 1. The van der Waals surface area contributed by atoms with Crippen molar-refractivity contribution < 1.29 is 0 Å². The van der Waals surface area contributed by atoms with Crippen LogP contribution in [-0.2, 0) is 0 Å². The Morgan fingerprint density at radius 2 is 2.30 bits per heavy atom. The van der Waals surface area contributed by atoms with Gasteiger partial charge in [0.1, 0.15) is 0 Å². The Hall–Kier alpha value is -0.0800. The van der Waals surface area contributed by atoms with E-state index in [1.54, 1.807) is 0 Å². The summed E-state index contributed by atoms with van der Waals surface area (Å²) in [4.78, 5) is 0. The van der Waals surface area contributed by atoms with Crippen LogP contribution in [0.25, 0.3) is 0 Å². The lowest BCUT2D eigenvalue weighted by atomic mass is 10.1. The van der Waals surface area contributed by atoms with Crippen LogP contribution in [0.4, 0.5) is 0 Å². The monoisotopic (exact) mass is 142 g/mol. The predicted molar refractivity (Wildman–Crippen MR) is 43.9 cm³/mol. The molecule has 1 saturated carbocycles. The normalized spacial score (nSPS) is 21.0. The third kappa shape index (κ3) is 3.18. The molecule has 10 heavy (non-hydrogen) atoms. The maximum Gasteiger partial charge on any atom is 0.00535 e. The number of hydrogen-bond acceptors (Lipinski definition) is 2. The Bertz CT molecular complexity index is 89.3. The van der Waals surface area contributed by atoms with Gasteiger partial charge in [-0.1, -0.05) is 12.8 Å². The average molecular weight is 142 g/mol. The van der Waals surface area contributed by atoms with Gasteiger partial charge in [-0.2, -0.15) is 0 Å². The first-order chi connectivity index (χ1) is 4.83. The van der Waals surface area contributed by atoms with Crippen LogP contribution in [-0.4, -0.2) is 19.6 Å². The molecule has 1 fully saturated rings. The van der Waals surface area contributed by atoms with E-state index in [9.17, 15) is 0 Å². The topological polar surface area (TPSA) is 38.0 Å². The Kier molecular flexibility index (Phi) is 3.16. The zero-order valence-corrected chi connectivity index (χ0v) is 6.77. The zero-order chi connectivity index (χ0) is 7.40. The van der Waals surface area contributed by atoms with Gasteiger partial charge >= 0.3 is 0 Å². The average Bonchev–Trinajstić information content (AvgIpc) is 2.67. The molecule has 0 amide bonds. The highest BCUT2D eigenvalue weighted by Gasteiger charge is 2.23. The van der Waals surface area contributed by atoms with Crippen molar-refractivity contribution in [3.05, 3.63) is 0 Å². The van der Waals surface area contributed by atoms with Gasteiger partial charge in [-0.15, -0.1) is 0 Å². The molecule has 0 aromatic heterocycles. The SMILES string of the molecule is CNCCC(N)CC1CC1. The van der Waals surface area contributed by atoms with E-state index in [4.69, 9.17) is 5.73 Å². The molecule has 0 aromatic carbocycles. The van der Waals surface area contributed by atoms with Gasteiger partial charge in [-0.25, -0.2) is 0 Å². The summed E-state index contributed by atoms with van der Waals surface area (Å²) in [5.41, 5.74) is 5.86. The third-order valence-corrected chi connectivity index (χ3v) is 2.10. The minimum atomic E-state index is 0.444. The van der Waals surface area contributed by atoms with E-state index in [1.807, 2.05) is 7.05 Å². The lowest BCUT2D eigenvalue weighted by Gasteiger charge is -2.09. The molecule has 2 heteroatoms. The molecule has 1 rings (SSSR count). The van der Waals surface area contributed by atoms with Crippen LogP contribution in [0.15, 0.2) is 0 Å². The summed E-state index contributed by atoms with van der Waals surface area (Å²) < 4.78 is 0. The molecule has 1 aliphatic rings. The minimum absolute atomic E-state index is 0.444. The van der Waals surface area contributed by atoms with Crippen molar-refractivity contribution in [2.75, 3.05) is 13.6 Å². The van der Waals surface area contributed by atoms with Crippen molar-refractivity contribution in [3.8, 4) is 0 Å². The molecule has 1 aliphatic carbocycles. The molecule has 0 spiro atoms. The minimum Gasteiger partial charge on any atom is -0.328 e. The summed E-state index contributed by atoms with van der Waals surface area (Å²) in [5.74, 6) is 0.979. The first-order valence-electron chi connectivity index (χ1n) is 4.23. The molecule has 60 valence electrons. The lowest BCUT2D eigenvalue weighted by molar-refractivity contribution is 0.521. The van der Waals surface area contributed by atoms with Crippen LogP contribution in [0.1, 0.15) is 25.7 Å². The van der Waals surface area contributed by atoms with Gasteiger partial charge in [0.2, 0.25) is 0 Å². The van der Waals surface area contributed by atoms with Crippen LogP contribution >= 0.6 is 0 Å². The summed E-state index contributed by atoms with van der Waals surface area (Å²) >= 11 is 0. The van der Waals surface area contributed by atoms with Crippen molar-refractivity contribution in [2.45, 2.75) is 31.7 Å². The predicted octanol–water partition coefficient (Wildman–Crippen LogP) is 0.723. The smallest absolute Gasteiger partial charge is 0.00535 e. The first-order valence-corrected chi connectivity index (χ1v) is 4.23. The van der Waals surface area contributed by atoms with Crippen molar-refractivity contribution >= 4 is 0 Å². The summed E-state index contributed by atoms with van der Waals surface area (Å²) in [6.07, 6.45) is 5.23. The van der Waals surface area contributed by atoms with Crippen LogP contribution in [0.3, 0.4) is 0 Å². The molecule has 0 bridgehead atoms. The van der Waals surface area contributed by atoms with Gasteiger partial charge in [0, 0.05) is 6.04 Å². The second kappa shape index (κ2) is 3.94. The third-order valence-electron chi connectivity index (χ3n) is 2.10. The van der Waals surface area contributed by atoms with Crippen LogP contribution in [0.2, 0.25) is 0 Å². The number of hydrogen-bond donors (Lipinski definition) is 2. The Balaban J connectivity index is 1.91. The lowest BCUT2D eigenvalue weighted by Crippen LogP contribution is -2.25. The molecule has 2 nitrogen and oxygen atoms in total. The fourth-order valence-corrected chi connectivity index (χ4v) is 1.23. The van der Waals surface area contributed by atoms with Crippen molar-refractivity contribution in [1.29, 1.82) is 0 Å². The quantitative estimate of drug-likeness (QED) is 0.593. The second-order valence-electron chi connectivity index (χ2n) is 3.33. The van der Waals surface area contributed by atoms with Gasteiger partial charge in [0.15, 0.2) is 0 Å². The van der Waals surface area contributed by atoms with Gasteiger partial charge in [0.25, 0.3) is 0 Å². The van der Waals surface area contributed by atoms with Crippen molar-refractivity contribution in [2.24, 2.45) is 11.7 Å². The fraction of sp³-hybridized carbons (Fsp3) is 1.00. The van der Waals surface area contributed by atoms with E-state index in [2.05, 4.69) is 5.32 Å². The van der Waals surface area contributed by atoms with Crippen LogP contribution in [0, 0.1) is 5.92 Å². The molecular weight excluding hydrogens is 124 g/mol. The molecule has 1 atom stereocenters. The molecule has 1 unspecified atom stereocenters. The Morgan fingerprint density at radius 3 is 2.80 bits per heavy atom. The standard InChI is InChI=1S/C8H18N2/c1-10-5-4-8(9)6-7-2-3-7/h7-8,10H,2-6,9H2,1H3. The highest BCUT2D eigenvalue weighted by Crippen LogP contribution is 2.33. The molecule has 3 N–H and O–H groups in total.